The molecular weight excluding hydrogens is 365 g/mol. The first-order chi connectivity index (χ1) is 13.0. The van der Waals surface area contributed by atoms with Crippen LogP contribution in [0.1, 0.15) is 63.4 Å². The third kappa shape index (κ3) is 5.53. The molecule has 0 aromatic heterocycles. The SMILES string of the molecule is O=C(CCS(=O)(=O)C1CCCC1)N(CCc1ccc(F)cc1)C1CCCC1. The van der Waals surface area contributed by atoms with Crippen molar-refractivity contribution < 1.29 is 17.6 Å². The maximum Gasteiger partial charge on any atom is 0.223 e. The van der Waals surface area contributed by atoms with Crippen molar-refractivity contribution in [2.75, 3.05) is 12.3 Å². The molecule has 6 heteroatoms. The first-order valence-electron chi connectivity index (χ1n) is 10.2. The molecule has 0 unspecified atom stereocenters. The number of amides is 1. The number of benzene rings is 1. The van der Waals surface area contributed by atoms with E-state index in [-0.39, 0.29) is 35.2 Å². The van der Waals surface area contributed by atoms with Crippen molar-refractivity contribution in [2.24, 2.45) is 0 Å². The summed E-state index contributed by atoms with van der Waals surface area (Å²) in [6, 6.07) is 6.58. The maximum absolute atomic E-state index is 13.1. The van der Waals surface area contributed by atoms with Gasteiger partial charge >= 0.3 is 0 Å². The third-order valence-electron chi connectivity index (χ3n) is 6.05. The Morgan fingerprint density at radius 3 is 2.22 bits per heavy atom. The molecule has 0 heterocycles. The van der Waals surface area contributed by atoms with Crippen molar-refractivity contribution in [2.45, 2.75) is 75.5 Å². The van der Waals surface area contributed by atoms with E-state index in [9.17, 15) is 17.6 Å². The average Bonchev–Trinajstić information content (AvgIpc) is 3.36. The second kappa shape index (κ2) is 9.18. The van der Waals surface area contributed by atoms with Gasteiger partial charge in [-0.3, -0.25) is 4.79 Å². The number of nitrogens with zero attached hydrogens (tertiary/aromatic N) is 1. The van der Waals surface area contributed by atoms with E-state index < -0.39 is 9.84 Å². The summed E-state index contributed by atoms with van der Waals surface area (Å²) in [4.78, 5) is 14.8. The van der Waals surface area contributed by atoms with Crippen molar-refractivity contribution in [3.8, 4) is 0 Å². The molecule has 3 rings (SSSR count). The van der Waals surface area contributed by atoms with Crippen LogP contribution in [-0.4, -0.2) is 42.8 Å². The zero-order valence-electron chi connectivity index (χ0n) is 15.9. The Balaban J connectivity index is 1.59. The zero-order valence-corrected chi connectivity index (χ0v) is 16.7. The lowest BCUT2D eigenvalue weighted by molar-refractivity contribution is -0.133. The predicted octanol–water partition coefficient (Wildman–Crippen LogP) is 3.89. The van der Waals surface area contributed by atoms with Gasteiger partial charge in [0.1, 0.15) is 5.82 Å². The summed E-state index contributed by atoms with van der Waals surface area (Å²) in [6.45, 7) is 0.568. The molecule has 1 aromatic carbocycles. The fraction of sp³-hybridized carbons (Fsp3) is 0.667. The lowest BCUT2D eigenvalue weighted by atomic mass is 10.1. The van der Waals surface area contributed by atoms with Crippen LogP contribution in [0.15, 0.2) is 24.3 Å². The fourth-order valence-electron chi connectivity index (χ4n) is 4.41. The van der Waals surface area contributed by atoms with Crippen LogP contribution in [0.25, 0.3) is 0 Å². The summed E-state index contributed by atoms with van der Waals surface area (Å²) < 4.78 is 38.1. The Kier molecular flexibility index (Phi) is 6.90. The largest absolute Gasteiger partial charge is 0.339 e. The van der Waals surface area contributed by atoms with Crippen LogP contribution in [0.2, 0.25) is 0 Å². The summed E-state index contributed by atoms with van der Waals surface area (Å²) in [7, 11) is -3.17. The molecule has 1 amide bonds. The molecule has 150 valence electrons. The molecule has 2 fully saturated rings. The Labute approximate surface area is 162 Å². The topological polar surface area (TPSA) is 54.5 Å². The summed E-state index contributed by atoms with van der Waals surface area (Å²) in [6.07, 6.45) is 8.40. The monoisotopic (exact) mass is 395 g/mol. The van der Waals surface area contributed by atoms with Crippen LogP contribution < -0.4 is 0 Å². The number of rotatable bonds is 8. The lowest BCUT2D eigenvalue weighted by Gasteiger charge is -2.29. The van der Waals surface area contributed by atoms with Crippen molar-refractivity contribution >= 4 is 15.7 Å². The lowest BCUT2D eigenvalue weighted by Crippen LogP contribution is -2.41. The highest BCUT2D eigenvalue weighted by atomic mass is 32.2. The van der Waals surface area contributed by atoms with Crippen LogP contribution >= 0.6 is 0 Å². The number of carbonyl (C=O) groups is 1. The first kappa shape index (κ1) is 20.3. The van der Waals surface area contributed by atoms with Crippen molar-refractivity contribution in [3.05, 3.63) is 35.6 Å². The standard InChI is InChI=1S/C21H30FNO3S/c22-18-11-9-17(10-12-18)13-15-23(19-5-1-2-6-19)21(24)14-16-27(25,26)20-7-3-4-8-20/h9-12,19-20H,1-8,13-16H2. The van der Waals surface area contributed by atoms with Gasteiger partial charge in [-0.25, -0.2) is 12.8 Å². The van der Waals surface area contributed by atoms with Gasteiger partial charge in [0.2, 0.25) is 5.91 Å². The van der Waals surface area contributed by atoms with Gasteiger partial charge in [-0.2, -0.15) is 0 Å². The van der Waals surface area contributed by atoms with Crippen LogP contribution in [0, 0.1) is 5.82 Å². The number of halogens is 1. The molecule has 0 N–H and O–H groups in total. The second-order valence-electron chi connectivity index (χ2n) is 7.93. The van der Waals surface area contributed by atoms with Gasteiger partial charge in [0.15, 0.2) is 9.84 Å². The van der Waals surface area contributed by atoms with Crippen LogP contribution in [0.4, 0.5) is 4.39 Å². The highest BCUT2D eigenvalue weighted by Crippen LogP contribution is 2.27. The minimum absolute atomic E-state index is 0.0315. The Morgan fingerprint density at radius 2 is 1.59 bits per heavy atom. The quantitative estimate of drug-likeness (QED) is 0.671. The molecule has 0 aliphatic heterocycles. The molecule has 0 spiro atoms. The Bertz CT molecular complexity index is 720. The van der Waals surface area contributed by atoms with E-state index in [4.69, 9.17) is 0 Å². The van der Waals surface area contributed by atoms with E-state index in [0.717, 1.165) is 56.9 Å². The minimum atomic E-state index is -3.17. The van der Waals surface area contributed by atoms with Crippen LogP contribution in [0.5, 0.6) is 0 Å². The highest BCUT2D eigenvalue weighted by molar-refractivity contribution is 7.92. The maximum atomic E-state index is 13.1. The molecule has 0 saturated heterocycles. The second-order valence-corrected chi connectivity index (χ2v) is 10.3. The van der Waals surface area contributed by atoms with E-state index in [1.54, 1.807) is 12.1 Å². The van der Waals surface area contributed by atoms with E-state index in [0.29, 0.717) is 13.0 Å². The molecule has 0 atom stereocenters. The van der Waals surface area contributed by atoms with Crippen LogP contribution in [0.3, 0.4) is 0 Å². The fourth-order valence-corrected chi connectivity index (χ4v) is 6.26. The molecule has 27 heavy (non-hydrogen) atoms. The van der Waals surface area contributed by atoms with E-state index >= 15 is 0 Å². The van der Waals surface area contributed by atoms with Gasteiger partial charge in [-0.1, -0.05) is 37.8 Å². The zero-order chi connectivity index (χ0) is 19.3. The van der Waals surface area contributed by atoms with Crippen molar-refractivity contribution in [3.63, 3.8) is 0 Å². The summed E-state index contributed by atoms with van der Waals surface area (Å²) in [5.41, 5.74) is 0.991. The predicted molar refractivity (Wildman–Crippen MR) is 105 cm³/mol. The van der Waals surface area contributed by atoms with Gasteiger partial charge in [0, 0.05) is 19.0 Å². The first-order valence-corrected chi connectivity index (χ1v) is 11.9. The Hall–Kier alpha value is -1.43. The minimum Gasteiger partial charge on any atom is -0.339 e. The van der Waals surface area contributed by atoms with Crippen molar-refractivity contribution in [1.29, 1.82) is 0 Å². The molecule has 2 aliphatic rings. The number of hydrogen-bond acceptors (Lipinski definition) is 3. The molecule has 1 aromatic rings. The van der Waals surface area contributed by atoms with Crippen molar-refractivity contribution in [1.82, 2.24) is 4.90 Å². The van der Waals surface area contributed by atoms with Gasteiger partial charge < -0.3 is 4.90 Å². The summed E-state index contributed by atoms with van der Waals surface area (Å²) in [5, 5.41) is -0.246. The van der Waals surface area contributed by atoms with Gasteiger partial charge in [-0.15, -0.1) is 0 Å². The van der Waals surface area contributed by atoms with Gasteiger partial charge in [0.05, 0.1) is 11.0 Å². The van der Waals surface area contributed by atoms with Gasteiger partial charge in [0.25, 0.3) is 0 Å². The highest BCUT2D eigenvalue weighted by Gasteiger charge is 2.31. The van der Waals surface area contributed by atoms with E-state index in [1.807, 2.05) is 4.90 Å². The van der Waals surface area contributed by atoms with E-state index in [1.165, 1.54) is 12.1 Å². The smallest absolute Gasteiger partial charge is 0.223 e. The normalized spacial score (nSPS) is 18.9. The Morgan fingerprint density at radius 1 is 1.00 bits per heavy atom. The van der Waals surface area contributed by atoms with Gasteiger partial charge in [-0.05, 0) is 49.8 Å². The van der Waals surface area contributed by atoms with E-state index in [2.05, 4.69) is 0 Å². The number of sulfone groups is 1. The molecular formula is C21H30FNO3S. The summed E-state index contributed by atoms with van der Waals surface area (Å²) >= 11 is 0. The number of carbonyl (C=O) groups excluding carboxylic acids is 1. The molecule has 2 aliphatic carbocycles. The summed E-state index contributed by atoms with van der Waals surface area (Å²) in [5.74, 6) is -0.346. The molecule has 0 bridgehead atoms. The molecule has 4 nitrogen and oxygen atoms in total. The third-order valence-corrected chi connectivity index (χ3v) is 8.31. The molecule has 2 saturated carbocycles. The van der Waals surface area contributed by atoms with Crippen LogP contribution in [-0.2, 0) is 21.1 Å². The number of hydrogen-bond donors (Lipinski definition) is 0. The average molecular weight is 396 g/mol. The molecule has 0 radical (unpaired) electrons.